The van der Waals surface area contributed by atoms with Crippen LogP contribution in [0.15, 0.2) is 53.0 Å². The topological polar surface area (TPSA) is 38.3 Å². The normalized spacial score (nSPS) is 11.8. The summed E-state index contributed by atoms with van der Waals surface area (Å²) in [6.45, 7) is 4.29. The maximum atomic E-state index is 12.1. The molecule has 110 valence electrons. The number of halogens is 1. The van der Waals surface area contributed by atoms with Crippen LogP contribution in [0.1, 0.15) is 18.1 Å². The molecule has 21 heavy (non-hydrogen) atoms. The molecule has 2 aromatic rings. The Bertz CT molecular complexity index is 610. The monoisotopic (exact) mass is 347 g/mol. The van der Waals surface area contributed by atoms with Crippen LogP contribution in [0.25, 0.3) is 0 Å². The van der Waals surface area contributed by atoms with Crippen molar-refractivity contribution >= 4 is 21.8 Å². The molecule has 0 spiro atoms. The summed E-state index contributed by atoms with van der Waals surface area (Å²) in [4.78, 5) is 12.1. The lowest BCUT2D eigenvalue weighted by Crippen LogP contribution is -2.36. The van der Waals surface area contributed by atoms with Gasteiger partial charge in [0.05, 0.1) is 0 Å². The first-order chi connectivity index (χ1) is 10.1. The second-order valence-corrected chi connectivity index (χ2v) is 5.77. The molecule has 0 aliphatic carbocycles. The van der Waals surface area contributed by atoms with Gasteiger partial charge in [0.15, 0.2) is 6.10 Å². The van der Waals surface area contributed by atoms with E-state index in [0.29, 0.717) is 12.3 Å². The van der Waals surface area contributed by atoms with E-state index in [1.165, 1.54) is 5.56 Å². The van der Waals surface area contributed by atoms with Crippen molar-refractivity contribution in [3.05, 3.63) is 64.1 Å². The smallest absolute Gasteiger partial charge is 0.261 e. The standard InChI is InChI=1S/C17H18BrNO2/c1-12-5-3-4-6-14(12)11-19-17(20)13(2)21-16-9-7-15(18)8-10-16/h3-10,13H,11H2,1-2H3,(H,19,20). The van der Waals surface area contributed by atoms with Gasteiger partial charge in [0.1, 0.15) is 5.75 Å². The Kier molecular flexibility index (Phi) is 5.39. The van der Waals surface area contributed by atoms with Crippen LogP contribution < -0.4 is 10.1 Å². The Morgan fingerprint density at radius 2 is 1.86 bits per heavy atom. The fourth-order valence-electron chi connectivity index (χ4n) is 1.91. The van der Waals surface area contributed by atoms with Crippen LogP contribution in [0.4, 0.5) is 0 Å². The molecule has 4 heteroatoms. The maximum absolute atomic E-state index is 12.1. The molecule has 1 unspecified atom stereocenters. The third-order valence-corrected chi connectivity index (χ3v) is 3.74. The first-order valence-electron chi connectivity index (χ1n) is 6.80. The third-order valence-electron chi connectivity index (χ3n) is 3.21. The molecule has 0 saturated carbocycles. The van der Waals surface area contributed by atoms with Gasteiger partial charge < -0.3 is 10.1 Å². The molecule has 0 bridgehead atoms. The Balaban J connectivity index is 1.88. The number of benzene rings is 2. The van der Waals surface area contributed by atoms with Crippen LogP contribution >= 0.6 is 15.9 Å². The molecule has 1 atom stereocenters. The molecule has 3 nitrogen and oxygen atoms in total. The summed E-state index contributed by atoms with van der Waals surface area (Å²) >= 11 is 3.36. The lowest BCUT2D eigenvalue weighted by molar-refractivity contribution is -0.127. The Labute approximate surface area is 133 Å². The van der Waals surface area contributed by atoms with E-state index in [-0.39, 0.29) is 5.91 Å². The average molecular weight is 348 g/mol. The Hall–Kier alpha value is -1.81. The van der Waals surface area contributed by atoms with Crippen LogP contribution in [0.2, 0.25) is 0 Å². The third kappa shape index (κ3) is 4.60. The predicted octanol–water partition coefficient (Wildman–Crippen LogP) is 3.84. The number of nitrogens with one attached hydrogen (secondary N) is 1. The van der Waals surface area contributed by atoms with Crippen molar-refractivity contribution in [1.82, 2.24) is 5.32 Å². The predicted molar refractivity (Wildman–Crippen MR) is 87.3 cm³/mol. The second kappa shape index (κ2) is 7.27. The zero-order chi connectivity index (χ0) is 15.2. The maximum Gasteiger partial charge on any atom is 0.261 e. The summed E-state index contributed by atoms with van der Waals surface area (Å²) in [5, 5.41) is 2.90. The van der Waals surface area contributed by atoms with Gasteiger partial charge >= 0.3 is 0 Å². The minimum atomic E-state index is -0.532. The van der Waals surface area contributed by atoms with Crippen molar-refractivity contribution in [3.8, 4) is 5.75 Å². The molecule has 0 saturated heterocycles. The van der Waals surface area contributed by atoms with Crippen molar-refractivity contribution in [3.63, 3.8) is 0 Å². The highest BCUT2D eigenvalue weighted by Crippen LogP contribution is 2.17. The largest absolute Gasteiger partial charge is 0.481 e. The molecule has 2 rings (SSSR count). The molecule has 0 heterocycles. The van der Waals surface area contributed by atoms with E-state index in [4.69, 9.17) is 4.74 Å². The van der Waals surface area contributed by atoms with Gasteiger partial charge in [-0.3, -0.25) is 4.79 Å². The van der Waals surface area contributed by atoms with Crippen molar-refractivity contribution in [1.29, 1.82) is 0 Å². The van der Waals surface area contributed by atoms with Crippen LogP contribution in [-0.2, 0) is 11.3 Å². The molecule has 1 amide bonds. The molecule has 2 aromatic carbocycles. The summed E-state index contributed by atoms with van der Waals surface area (Å²) in [6, 6.07) is 15.4. The first kappa shape index (κ1) is 15.6. The van der Waals surface area contributed by atoms with Gasteiger partial charge in [0, 0.05) is 11.0 Å². The first-order valence-corrected chi connectivity index (χ1v) is 7.60. The molecule has 0 aliphatic rings. The summed E-state index contributed by atoms with van der Waals surface area (Å²) < 4.78 is 6.60. The van der Waals surface area contributed by atoms with E-state index in [1.54, 1.807) is 6.92 Å². The average Bonchev–Trinajstić information content (AvgIpc) is 2.48. The van der Waals surface area contributed by atoms with Gasteiger partial charge in [-0.05, 0) is 49.2 Å². The number of ether oxygens (including phenoxy) is 1. The number of aryl methyl sites for hydroxylation is 1. The quantitative estimate of drug-likeness (QED) is 0.892. The van der Waals surface area contributed by atoms with Gasteiger partial charge in [-0.25, -0.2) is 0 Å². The molecular weight excluding hydrogens is 330 g/mol. The van der Waals surface area contributed by atoms with Crippen molar-refractivity contribution in [2.24, 2.45) is 0 Å². The van der Waals surface area contributed by atoms with Crippen molar-refractivity contribution in [2.75, 3.05) is 0 Å². The summed E-state index contributed by atoms with van der Waals surface area (Å²) in [5.41, 5.74) is 2.28. The van der Waals surface area contributed by atoms with E-state index in [9.17, 15) is 4.79 Å². The Morgan fingerprint density at radius 1 is 1.19 bits per heavy atom. The van der Waals surface area contributed by atoms with Crippen molar-refractivity contribution < 1.29 is 9.53 Å². The zero-order valence-electron chi connectivity index (χ0n) is 12.1. The van der Waals surface area contributed by atoms with Crippen LogP contribution in [0.3, 0.4) is 0 Å². The van der Waals surface area contributed by atoms with E-state index in [0.717, 1.165) is 10.0 Å². The van der Waals surface area contributed by atoms with E-state index >= 15 is 0 Å². The van der Waals surface area contributed by atoms with E-state index < -0.39 is 6.10 Å². The van der Waals surface area contributed by atoms with Gasteiger partial charge in [-0.2, -0.15) is 0 Å². The van der Waals surface area contributed by atoms with Gasteiger partial charge in [0.2, 0.25) is 0 Å². The highest BCUT2D eigenvalue weighted by molar-refractivity contribution is 9.10. The highest BCUT2D eigenvalue weighted by atomic mass is 79.9. The number of carbonyl (C=O) groups is 1. The van der Waals surface area contributed by atoms with Crippen LogP contribution in [0, 0.1) is 6.92 Å². The summed E-state index contributed by atoms with van der Waals surface area (Å²) in [6.07, 6.45) is -0.532. The minimum Gasteiger partial charge on any atom is -0.481 e. The van der Waals surface area contributed by atoms with Crippen LogP contribution in [-0.4, -0.2) is 12.0 Å². The van der Waals surface area contributed by atoms with Gasteiger partial charge in [-0.1, -0.05) is 40.2 Å². The summed E-state index contributed by atoms with van der Waals surface area (Å²) in [5.74, 6) is 0.554. The lowest BCUT2D eigenvalue weighted by atomic mass is 10.1. The Morgan fingerprint density at radius 3 is 2.52 bits per heavy atom. The van der Waals surface area contributed by atoms with Gasteiger partial charge in [-0.15, -0.1) is 0 Å². The fourth-order valence-corrected chi connectivity index (χ4v) is 2.17. The lowest BCUT2D eigenvalue weighted by Gasteiger charge is -2.15. The van der Waals surface area contributed by atoms with E-state index in [1.807, 2.05) is 55.5 Å². The van der Waals surface area contributed by atoms with Crippen LogP contribution in [0.5, 0.6) is 5.75 Å². The number of amides is 1. The van der Waals surface area contributed by atoms with Gasteiger partial charge in [0.25, 0.3) is 5.91 Å². The fraction of sp³-hybridized carbons (Fsp3) is 0.235. The number of hydrogen-bond donors (Lipinski definition) is 1. The summed E-state index contributed by atoms with van der Waals surface area (Å²) in [7, 11) is 0. The molecular formula is C17H18BrNO2. The zero-order valence-corrected chi connectivity index (χ0v) is 13.7. The molecule has 0 fully saturated rings. The number of rotatable bonds is 5. The highest BCUT2D eigenvalue weighted by Gasteiger charge is 2.14. The molecule has 0 aromatic heterocycles. The minimum absolute atomic E-state index is 0.124. The second-order valence-electron chi connectivity index (χ2n) is 4.86. The van der Waals surface area contributed by atoms with E-state index in [2.05, 4.69) is 21.2 Å². The van der Waals surface area contributed by atoms with Crippen molar-refractivity contribution in [2.45, 2.75) is 26.5 Å². The molecule has 0 radical (unpaired) electrons. The molecule has 0 aliphatic heterocycles. The molecule has 1 N–H and O–H groups in total. The SMILES string of the molecule is Cc1ccccc1CNC(=O)C(C)Oc1ccc(Br)cc1. The number of carbonyl (C=O) groups excluding carboxylic acids is 1. The number of hydrogen-bond acceptors (Lipinski definition) is 2.